The Morgan fingerprint density at radius 2 is 1.57 bits per heavy atom. The molecule has 0 saturated heterocycles. The van der Waals surface area contributed by atoms with Crippen LogP contribution in [-0.4, -0.2) is 0 Å². The van der Waals surface area contributed by atoms with Gasteiger partial charge in [0, 0.05) is 6.07 Å². The van der Waals surface area contributed by atoms with Crippen molar-refractivity contribution in [3.8, 4) is 0 Å². The molecule has 0 aliphatic carbocycles. The molecule has 1 aromatic rings. The number of hydrogen-bond acceptors (Lipinski definition) is 0. The van der Waals surface area contributed by atoms with Crippen molar-refractivity contribution < 1.29 is 8.78 Å². The Morgan fingerprint density at radius 3 is 2.00 bits per heavy atom. The summed E-state index contributed by atoms with van der Waals surface area (Å²) in [5, 5.41) is 0. The smallest absolute Gasteiger partial charge is 0.126 e. The molecule has 0 nitrogen and oxygen atoms in total. The molecule has 0 spiro atoms. The predicted octanol–water partition coefficient (Wildman–Crippen LogP) is 4.11. The molecule has 0 saturated carbocycles. The molecular weight excluding hydrogens is 182 g/mol. The second-order valence-electron chi connectivity index (χ2n) is 3.88. The summed E-state index contributed by atoms with van der Waals surface area (Å²) in [6.07, 6.45) is 1.01. The highest BCUT2D eigenvalue weighted by atomic mass is 19.1. The van der Waals surface area contributed by atoms with Crippen molar-refractivity contribution >= 4 is 0 Å². The average molecular weight is 198 g/mol. The van der Waals surface area contributed by atoms with Crippen LogP contribution in [-0.2, 0) is 0 Å². The molecule has 0 bridgehead atoms. The lowest BCUT2D eigenvalue weighted by atomic mass is 9.87. The molecule has 0 N–H and O–H groups in total. The Hall–Kier alpha value is -0.920. The van der Waals surface area contributed by atoms with E-state index >= 15 is 0 Å². The molecule has 14 heavy (non-hydrogen) atoms. The third-order valence-corrected chi connectivity index (χ3v) is 2.91. The van der Waals surface area contributed by atoms with Gasteiger partial charge in [-0.25, -0.2) is 8.78 Å². The standard InChI is InChI=1S/C12H16F2/c1-4-8(2)9(3)10-5-11(13)7-12(14)6-10/h5-9H,4H2,1-3H3. The first-order valence-corrected chi connectivity index (χ1v) is 5.00. The molecule has 0 aliphatic rings. The molecule has 0 heterocycles. The highest BCUT2D eigenvalue weighted by molar-refractivity contribution is 5.21. The van der Waals surface area contributed by atoms with Gasteiger partial charge >= 0.3 is 0 Å². The van der Waals surface area contributed by atoms with Gasteiger partial charge in [0.1, 0.15) is 11.6 Å². The molecule has 0 aromatic heterocycles. The van der Waals surface area contributed by atoms with Crippen LogP contribution in [0.25, 0.3) is 0 Å². The number of hydrogen-bond donors (Lipinski definition) is 0. The molecule has 2 unspecified atom stereocenters. The zero-order valence-corrected chi connectivity index (χ0v) is 8.85. The summed E-state index contributed by atoms with van der Waals surface area (Å²) < 4.78 is 25.8. The van der Waals surface area contributed by atoms with Crippen molar-refractivity contribution in [2.75, 3.05) is 0 Å². The molecular formula is C12H16F2. The Balaban J connectivity index is 2.94. The van der Waals surface area contributed by atoms with E-state index in [9.17, 15) is 8.78 Å². The number of rotatable bonds is 3. The largest absolute Gasteiger partial charge is 0.207 e. The van der Waals surface area contributed by atoms with Crippen LogP contribution in [0.2, 0.25) is 0 Å². The molecule has 1 rings (SSSR count). The molecule has 2 heteroatoms. The maximum absolute atomic E-state index is 12.9. The minimum absolute atomic E-state index is 0.199. The molecule has 0 aliphatic heterocycles. The summed E-state index contributed by atoms with van der Waals surface area (Å²) in [5.41, 5.74) is 0.747. The molecule has 1 aromatic carbocycles. The van der Waals surface area contributed by atoms with Gasteiger partial charge in [-0.15, -0.1) is 0 Å². The molecule has 0 radical (unpaired) electrons. The highest BCUT2D eigenvalue weighted by Crippen LogP contribution is 2.27. The zero-order valence-electron chi connectivity index (χ0n) is 8.85. The van der Waals surface area contributed by atoms with Crippen molar-refractivity contribution in [2.45, 2.75) is 33.1 Å². The Bertz CT molecular complexity index is 287. The molecule has 78 valence electrons. The minimum Gasteiger partial charge on any atom is -0.207 e. The van der Waals surface area contributed by atoms with Crippen LogP contribution in [0.5, 0.6) is 0 Å². The molecule has 0 fully saturated rings. The second-order valence-corrected chi connectivity index (χ2v) is 3.88. The average Bonchev–Trinajstić information content (AvgIpc) is 2.14. The van der Waals surface area contributed by atoms with Crippen LogP contribution >= 0.6 is 0 Å². The van der Waals surface area contributed by atoms with Crippen LogP contribution in [0.1, 0.15) is 38.7 Å². The first kappa shape index (κ1) is 11.2. The zero-order chi connectivity index (χ0) is 10.7. The number of halogens is 2. The third kappa shape index (κ3) is 2.53. The van der Waals surface area contributed by atoms with Gasteiger partial charge in [0.05, 0.1) is 0 Å². The van der Waals surface area contributed by atoms with Crippen molar-refractivity contribution in [3.63, 3.8) is 0 Å². The van der Waals surface area contributed by atoms with E-state index in [-0.39, 0.29) is 5.92 Å². The fraction of sp³-hybridized carbons (Fsp3) is 0.500. The normalized spacial score (nSPS) is 15.2. The fourth-order valence-electron chi connectivity index (χ4n) is 1.52. The maximum atomic E-state index is 12.9. The van der Waals surface area contributed by atoms with Gasteiger partial charge in [-0.2, -0.15) is 0 Å². The maximum Gasteiger partial charge on any atom is 0.126 e. The first-order valence-electron chi connectivity index (χ1n) is 5.00. The van der Waals surface area contributed by atoms with E-state index in [0.29, 0.717) is 5.92 Å². The Labute approximate surface area is 84.0 Å². The summed E-state index contributed by atoms with van der Waals surface area (Å²) in [5.74, 6) is -0.341. The van der Waals surface area contributed by atoms with Gasteiger partial charge in [-0.3, -0.25) is 0 Å². The number of benzene rings is 1. The van der Waals surface area contributed by atoms with Crippen molar-refractivity contribution in [1.29, 1.82) is 0 Å². The van der Waals surface area contributed by atoms with E-state index in [1.807, 2.05) is 6.92 Å². The van der Waals surface area contributed by atoms with E-state index in [1.165, 1.54) is 12.1 Å². The first-order chi connectivity index (χ1) is 6.54. The Kier molecular flexibility index (Phi) is 3.62. The van der Waals surface area contributed by atoms with Crippen LogP contribution in [0.4, 0.5) is 8.78 Å². The van der Waals surface area contributed by atoms with E-state index in [1.54, 1.807) is 0 Å². The summed E-state index contributed by atoms with van der Waals surface area (Å²) in [7, 11) is 0. The minimum atomic E-state index is -0.491. The summed E-state index contributed by atoms with van der Waals surface area (Å²) in [6.45, 7) is 6.17. The van der Waals surface area contributed by atoms with Crippen molar-refractivity contribution in [1.82, 2.24) is 0 Å². The SMILES string of the molecule is CCC(C)C(C)c1cc(F)cc(F)c1. The molecule has 0 amide bonds. The van der Waals surface area contributed by atoms with Crippen LogP contribution < -0.4 is 0 Å². The van der Waals surface area contributed by atoms with Gasteiger partial charge in [0.2, 0.25) is 0 Å². The lowest BCUT2D eigenvalue weighted by Gasteiger charge is -2.18. The van der Waals surface area contributed by atoms with Gasteiger partial charge in [-0.1, -0.05) is 27.2 Å². The lowest BCUT2D eigenvalue weighted by Crippen LogP contribution is -2.05. The second kappa shape index (κ2) is 4.54. The third-order valence-electron chi connectivity index (χ3n) is 2.91. The summed E-state index contributed by atoms with van der Waals surface area (Å²) >= 11 is 0. The van der Waals surface area contributed by atoms with E-state index in [0.717, 1.165) is 18.1 Å². The van der Waals surface area contributed by atoms with E-state index < -0.39 is 11.6 Å². The summed E-state index contributed by atoms with van der Waals surface area (Å²) in [6, 6.07) is 3.74. The van der Waals surface area contributed by atoms with Crippen molar-refractivity contribution in [3.05, 3.63) is 35.4 Å². The van der Waals surface area contributed by atoms with Crippen LogP contribution in [0.15, 0.2) is 18.2 Å². The molecule has 2 atom stereocenters. The highest BCUT2D eigenvalue weighted by Gasteiger charge is 2.14. The van der Waals surface area contributed by atoms with Crippen LogP contribution in [0, 0.1) is 17.6 Å². The lowest BCUT2D eigenvalue weighted by molar-refractivity contribution is 0.467. The Morgan fingerprint density at radius 1 is 1.07 bits per heavy atom. The van der Waals surface area contributed by atoms with Gasteiger partial charge in [0.15, 0.2) is 0 Å². The topological polar surface area (TPSA) is 0 Å². The van der Waals surface area contributed by atoms with Crippen molar-refractivity contribution in [2.24, 2.45) is 5.92 Å². The quantitative estimate of drug-likeness (QED) is 0.685. The summed E-state index contributed by atoms with van der Waals surface area (Å²) in [4.78, 5) is 0. The predicted molar refractivity (Wildman–Crippen MR) is 54.2 cm³/mol. The van der Waals surface area contributed by atoms with Crippen LogP contribution in [0.3, 0.4) is 0 Å². The van der Waals surface area contributed by atoms with Gasteiger partial charge < -0.3 is 0 Å². The van der Waals surface area contributed by atoms with Gasteiger partial charge in [-0.05, 0) is 29.5 Å². The van der Waals surface area contributed by atoms with E-state index in [4.69, 9.17) is 0 Å². The van der Waals surface area contributed by atoms with E-state index in [2.05, 4.69) is 13.8 Å². The fourth-order valence-corrected chi connectivity index (χ4v) is 1.52. The van der Waals surface area contributed by atoms with Gasteiger partial charge in [0.25, 0.3) is 0 Å². The monoisotopic (exact) mass is 198 g/mol.